The lowest BCUT2D eigenvalue weighted by atomic mass is 10.1. The highest BCUT2D eigenvalue weighted by molar-refractivity contribution is 7.92. The van der Waals surface area contributed by atoms with Crippen LogP contribution < -0.4 is 10.0 Å². The van der Waals surface area contributed by atoms with Gasteiger partial charge in [0, 0.05) is 23.6 Å². The number of rotatable bonds is 8. The molecule has 2 heterocycles. The average Bonchev–Trinajstić information content (AvgIpc) is 3.59. The Kier molecular flexibility index (Phi) is 7.77. The van der Waals surface area contributed by atoms with Crippen LogP contribution in [0.4, 0.5) is 10.6 Å². The van der Waals surface area contributed by atoms with Crippen molar-refractivity contribution < 1.29 is 22.7 Å². The Morgan fingerprint density at radius 1 is 1.17 bits per heavy atom. The fourth-order valence-electron chi connectivity index (χ4n) is 5.74. The maximum absolute atomic E-state index is 12.3. The predicted molar refractivity (Wildman–Crippen MR) is 162 cm³/mol. The molecule has 0 unspecified atom stereocenters. The Morgan fingerprint density at radius 2 is 1.93 bits per heavy atom. The second kappa shape index (κ2) is 10.9. The second-order valence-electron chi connectivity index (χ2n) is 12.6. The maximum Gasteiger partial charge on any atom is 0.418 e. The van der Waals surface area contributed by atoms with Crippen LogP contribution in [0.3, 0.4) is 0 Å². The van der Waals surface area contributed by atoms with Crippen molar-refractivity contribution in [3.63, 3.8) is 0 Å². The molecule has 0 saturated heterocycles. The molecule has 41 heavy (non-hydrogen) atoms. The first-order valence-corrected chi connectivity index (χ1v) is 18.5. The summed E-state index contributed by atoms with van der Waals surface area (Å²) < 4.78 is 35.0. The lowest BCUT2D eigenvalue weighted by Gasteiger charge is -2.39. The summed E-state index contributed by atoms with van der Waals surface area (Å²) in [7, 11) is -6.30. The first-order chi connectivity index (χ1) is 19.2. The number of hydrogen-bond donors (Lipinski definition) is 3. The molecule has 220 valence electrons. The Bertz CT molecular complexity index is 1580. The van der Waals surface area contributed by atoms with Gasteiger partial charge in [0.15, 0.2) is 8.32 Å². The van der Waals surface area contributed by atoms with E-state index in [2.05, 4.69) is 78.0 Å². The molecule has 2 aliphatic carbocycles. The van der Waals surface area contributed by atoms with Crippen LogP contribution in [0, 0.1) is 5.92 Å². The molecule has 0 radical (unpaired) electrons. The van der Waals surface area contributed by atoms with Crippen LogP contribution in [0.1, 0.15) is 63.2 Å². The van der Waals surface area contributed by atoms with Crippen LogP contribution in [0.15, 0.2) is 54.3 Å². The molecule has 2 aliphatic rings. The van der Waals surface area contributed by atoms with Gasteiger partial charge in [0.2, 0.25) is 0 Å². The number of nitrogens with one attached hydrogen (secondary N) is 2. The number of benzene rings is 1. The van der Waals surface area contributed by atoms with Gasteiger partial charge in [0.25, 0.3) is 10.0 Å². The van der Waals surface area contributed by atoms with Crippen molar-refractivity contribution in [3.05, 3.63) is 65.5 Å². The van der Waals surface area contributed by atoms with E-state index in [1.807, 2.05) is 12.3 Å². The monoisotopic (exact) mass is 597 g/mol. The maximum atomic E-state index is 12.3. The third-order valence-corrected chi connectivity index (χ3v) is 14.3. The molecular weight excluding hydrogens is 559 g/mol. The van der Waals surface area contributed by atoms with E-state index in [-0.39, 0.29) is 29.1 Å². The van der Waals surface area contributed by atoms with Crippen LogP contribution in [0.25, 0.3) is 11.0 Å². The highest BCUT2D eigenvalue weighted by Crippen LogP contribution is 2.45. The van der Waals surface area contributed by atoms with E-state index in [0.29, 0.717) is 12.8 Å². The second-order valence-corrected chi connectivity index (χ2v) is 18.9. The Hall–Kier alpha value is -3.22. The van der Waals surface area contributed by atoms with Gasteiger partial charge in [0.05, 0.1) is 17.5 Å². The highest BCUT2D eigenvalue weighted by Gasteiger charge is 2.44. The van der Waals surface area contributed by atoms with E-state index in [0.717, 1.165) is 35.1 Å². The lowest BCUT2D eigenvalue weighted by molar-refractivity contribution is 0.157. The van der Waals surface area contributed by atoms with Gasteiger partial charge in [0.1, 0.15) is 17.8 Å². The summed E-state index contributed by atoms with van der Waals surface area (Å²) in [6.07, 6.45) is 6.71. The van der Waals surface area contributed by atoms with Gasteiger partial charge in [-0.25, -0.2) is 27.9 Å². The number of hydrogen-bond acceptors (Lipinski definition) is 7. The van der Waals surface area contributed by atoms with Gasteiger partial charge in [-0.15, -0.1) is 0 Å². The van der Waals surface area contributed by atoms with Crippen molar-refractivity contribution in [2.24, 2.45) is 5.92 Å². The van der Waals surface area contributed by atoms with Gasteiger partial charge in [-0.3, -0.25) is 0 Å². The van der Waals surface area contributed by atoms with Crippen LogP contribution in [0.5, 0.6) is 0 Å². The van der Waals surface area contributed by atoms with Crippen molar-refractivity contribution in [2.45, 2.75) is 82.8 Å². The van der Waals surface area contributed by atoms with E-state index >= 15 is 0 Å². The molecular formula is C29H39N5O5SSi. The number of anilines is 1. The zero-order valence-electron chi connectivity index (χ0n) is 24.2. The number of carbonyl (C=O) groups is 1. The van der Waals surface area contributed by atoms with E-state index in [4.69, 9.17) is 9.53 Å². The summed E-state index contributed by atoms with van der Waals surface area (Å²) in [5.74, 6) is 0.580. The fourth-order valence-corrected chi connectivity index (χ4v) is 7.84. The third-order valence-electron chi connectivity index (χ3n) is 8.86. The number of amides is 1. The molecule has 0 spiro atoms. The molecule has 3 N–H and O–H groups in total. The molecule has 5 rings (SSSR count). The van der Waals surface area contributed by atoms with Gasteiger partial charge >= 0.3 is 6.09 Å². The van der Waals surface area contributed by atoms with Gasteiger partial charge in [-0.2, -0.15) is 0 Å². The first-order valence-electron chi connectivity index (χ1n) is 14.0. The highest BCUT2D eigenvalue weighted by atomic mass is 32.2. The Balaban J connectivity index is 1.42. The minimum absolute atomic E-state index is 0.0158. The SMILES string of the molecule is CC(C)(C)[Si](C)(C)O[C@@H]1C[C@H](n2ccc3c(N[C@H]4CCc5ccccc54)ncnc32)C[C@H]1C=CS(=O)(=O)NC(=O)O. The van der Waals surface area contributed by atoms with Crippen LogP contribution in [0.2, 0.25) is 18.1 Å². The fraction of sp³-hybridized carbons (Fsp3) is 0.483. The topological polar surface area (TPSA) is 135 Å². The number of aryl methyl sites for hydroxylation is 1. The minimum atomic E-state index is -4.12. The lowest BCUT2D eigenvalue weighted by Crippen LogP contribution is -2.44. The van der Waals surface area contributed by atoms with Crippen molar-refractivity contribution in [1.29, 1.82) is 0 Å². The molecule has 1 saturated carbocycles. The van der Waals surface area contributed by atoms with Crippen LogP contribution in [-0.4, -0.2) is 48.6 Å². The van der Waals surface area contributed by atoms with Crippen molar-refractivity contribution >= 4 is 41.3 Å². The summed E-state index contributed by atoms with van der Waals surface area (Å²) in [6.45, 7) is 10.9. The molecule has 12 heteroatoms. The van der Waals surface area contributed by atoms with Crippen LogP contribution >= 0.6 is 0 Å². The molecule has 10 nitrogen and oxygen atoms in total. The van der Waals surface area contributed by atoms with Crippen molar-refractivity contribution in [1.82, 2.24) is 19.3 Å². The summed E-state index contributed by atoms with van der Waals surface area (Å²) in [4.78, 5) is 20.2. The van der Waals surface area contributed by atoms with E-state index in [1.54, 1.807) is 17.1 Å². The Labute approximate surface area is 242 Å². The summed E-state index contributed by atoms with van der Waals surface area (Å²) >= 11 is 0. The number of fused-ring (bicyclic) bond motifs is 2. The van der Waals surface area contributed by atoms with Gasteiger partial charge in [-0.1, -0.05) is 51.1 Å². The largest absolute Gasteiger partial charge is 0.464 e. The molecule has 0 aliphatic heterocycles. The average molecular weight is 598 g/mol. The van der Waals surface area contributed by atoms with E-state index < -0.39 is 24.4 Å². The van der Waals surface area contributed by atoms with E-state index in [1.165, 1.54) is 11.1 Å². The normalized spacial score (nSPS) is 23.2. The van der Waals surface area contributed by atoms with Crippen LogP contribution in [-0.2, 0) is 20.9 Å². The molecule has 0 bridgehead atoms. The number of aromatic nitrogens is 3. The van der Waals surface area contributed by atoms with Crippen molar-refractivity contribution in [2.75, 3.05) is 5.32 Å². The van der Waals surface area contributed by atoms with Gasteiger partial charge in [-0.05, 0) is 61.0 Å². The third kappa shape index (κ3) is 6.19. The number of sulfonamides is 1. The molecule has 1 amide bonds. The molecule has 3 aromatic rings. The molecule has 4 atom stereocenters. The summed E-state index contributed by atoms with van der Waals surface area (Å²) in [5.41, 5.74) is 3.49. The predicted octanol–water partition coefficient (Wildman–Crippen LogP) is 5.98. The smallest absolute Gasteiger partial charge is 0.418 e. The van der Waals surface area contributed by atoms with Gasteiger partial charge < -0.3 is 19.4 Å². The zero-order valence-corrected chi connectivity index (χ0v) is 26.0. The Morgan fingerprint density at radius 3 is 2.66 bits per heavy atom. The van der Waals surface area contributed by atoms with Crippen molar-refractivity contribution in [3.8, 4) is 0 Å². The number of nitrogens with zero attached hydrogens (tertiary/aromatic N) is 3. The summed E-state index contributed by atoms with van der Waals surface area (Å²) in [5, 5.41) is 14.4. The standard InChI is InChI=1S/C29H39N5O5SSi/c1-29(2,3)41(4,5)39-25-17-21(16-20(25)13-15-40(37,38)33-28(35)36)34-14-12-23-26(30-18-31-27(23)34)32-24-11-10-19-8-6-7-9-22(19)24/h6-9,12-15,18,20-21,24-25,33H,10-11,16-17H2,1-5H3,(H,35,36)(H,30,31,32)/t20-,21-,24+,25-/m1/s1. The molecule has 2 aromatic heterocycles. The van der Waals surface area contributed by atoms with E-state index in [9.17, 15) is 13.2 Å². The summed E-state index contributed by atoms with van der Waals surface area (Å²) in [6, 6.07) is 10.7. The molecule has 1 aromatic carbocycles. The quantitative estimate of drug-likeness (QED) is 0.270. The molecule has 1 fully saturated rings. The zero-order chi connectivity index (χ0) is 29.6. The first kappa shape index (κ1) is 29.3. The minimum Gasteiger partial charge on any atom is -0.464 e. The number of carboxylic acid groups (broad SMARTS) is 1.